The smallest absolute Gasteiger partial charge is 0.260 e. The Hall–Kier alpha value is -1.50. The summed E-state index contributed by atoms with van der Waals surface area (Å²) in [7, 11) is 0. The van der Waals surface area contributed by atoms with E-state index in [0.717, 1.165) is 0 Å². The standard InChI is InChI=1S/C14H17Cl2N3O3/c15-10-1-2-12(11(16)7-10)22-8-13(20)19-5-3-9(4-6-19)14(21)18-17/h1-2,7,9H,3-6,8,17H2,(H,18,21). The van der Waals surface area contributed by atoms with E-state index in [4.69, 9.17) is 33.8 Å². The van der Waals surface area contributed by atoms with Crippen LogP contribution in [0.2, 0.25) is 10.0 Å². The van der Waals surface area contributed by atoms with Crippen LogP contribution in [0.3, 0.4) is 0 Å². The van der Waals surface area contributed by atoms with Gasteiger partial charge in [-0.25, -0.2) is 5.84 Å². The predicted molar refractivity (Wildman–Crippen MR) is 83.6 cm³/mol. The summed E-state index contributed by atoms with van der Waals surface area (Å²) in [5, 5.41) is 0.863. The summed E-state index contributed by atoms with van der Waals surface area (Å²) < 4.78 is 5.42. The zero-order valence-corrected chi connectivity index (χ0v) is 13.4. The third-order valence-electron chi connectivity index (χ3n) is 3.61. The Morgan fingerprint density at radius 2 is 2.00 bits per heavy atom. The molecule has 1 aliphatic rings. The van der Waals surface area contributed by atoms with Crippen LogP contribution in [-0.4, -0.2) is 36.4 Å². The van der Waals surface area contributed by atoms with Gasteiger partial charge in [0.2, 0.25) is 5.91 Å². The van der Waals surface area contributed by atoms with Gasteiger partial charge in [-0.1, -0.05) is 23.2 Å². The van der Waals surface area contributed by atoms with Crippen LogP contribution in [0.5, 0.6) is 5.75 Å². The van der Waals surface area contributed by atoms with Gasteiger partial charge in [-0.3, -0.25) is 15.0 Å². The molecule has 120 valence electrons. The number of hydrazine groups is 1. The van der Waals surface area contributed by atoms with Gasteiger partial charge in [0.1, 0.15) is 5.75 Å². The monoisotopic (exact) mass is 345 g/mol. The Bertz CT molecular complexity index is 560. The van der Waals surface area contributed by atoms with Gasteiger partial charge >= 0.3 is 0 Å². The van der Waals surface area contributed by atoms with Crippen molar-refractivity contribution < 1.29 is 14.3 Å². The van der Waals surface area contributed by atoms with Crippen LogP contribution in [0, 0.1) is 5.92 Å². The van der Waals surface area contributed by atoms with E-state index < -0.39 is 0 Å². The summed E-state index contributed by atoms with van der Waals surface area (Å²) in [5.41, 5.74) is 2.14. The maximum absolute atomic E-state index is 12.1. The summed E-state index contributed by atoms with van der Waals surface area (Å²) in [6.07, 6.45) is 1.19. The number of amides is 2. The van der Waals surface area contributed by atoms with Crippen LogP contribution in [0.15, 0.2) is 18.2 Å². The van der Waals surface area contributed by atoms with Crippen molar-refractivity contribution >= 4 is 35.0 Å². The van der Waals surface area contributed by atoms with Gasteiger partial charge in [-0.05, 0) is 31.0 Å². The Kier molecular flexibility index (Phi) is 5.88. The van der Waals surface area contributed by atoms with E-state index in [1.54, 1.807) is 23.1 Å². The van der Waals surface area contributed by atoms with E-state index in [0.29, 0.717) is 41.7 Å². The van der Waals surface area contributed by atoms with Crippen molar-refractivity contribution in [1.82, 2.24) is 10.3 Å². The zero-order valence-electron chi connectivity index (χ0n) is 11.9. The van der Waals surface area contributed by atoms with Gasteiger partial charge < -0.3 is 9.64 Å². The highest BCUT2D eigenvalue weighted by Crippen LogP contribution is 2.27. The molecule has 0 bridgehead atoms. The lowest BCUT2D eigenvalue weighted by Gasteiger charge is -2.31. The first kappa shape index (κ1) is 16.9. The largest absolute Gasteiger partial charge is 0.482 e. The quantitative estimate of drug-likeness (QED) is 0.493. The number of hydrogen-bond acceptors (Lipinski definition) is 4. The fraction of sp³-hybridized carbons (Fsp3) is 0.429. The number of benzene rings is 1. The summed E-state index contributed by atoms with van der Waals surface area (Å²) >= 11 is 11.8. The van der Waals surface area contributed by atoms with Crippen LogP contribution in [-0.2, 0) is 9.59 Å². The minimum absolute atomic E-state index is 0.102. The molecule has 3 N–H and O–H groups in total. The maximum atomic E-state index is 12.1. The number of nitrogens with zero attached hydrogens (tertiary/aromatic N) is 1. The Morgan fingerprint density at radius 1 is 1.32 bits per heavy atom. The minimum atomic E-state index is -0.184. The van der Waals surface area contributed by atoms with Crippen LogP contribution in [0.25, 0.3) is 0 Å². The van der Waals surface area contributed by atoms with Gasteiger partial charge in [0.05, 0.1) is 5.02 Å². The Labute approximate surface area is 138 Å². The van der Waals surface area contributed by atoms with Gasteiger partial charge in [0, 0.05) is 24.0 Å². The molecule has 0 spiro atoms. The highest BCUT2D eigenvalue weighted by atomic mass is 35.5. The van der Waals surface area contributed by atoms with E-state index in [-0.39, 0.29) is 24.3 Å². The number of likely N-dealkylation sites (tertiary alicyclic amines) is 1. The van der Waals surface area contributed by atoms with Crippen molar-refractivity contribution in [3.8, 4) is 5.75 Å². The average molecular weight is 346 g/mol. The lowest BCUT2D eigenvalue weighted by atomic mass is 9.96. The molecule has 1 aromatic rings. The average Bonchev–Trinajstić information content (AvgIpc) is 2.53. The number of carbonyl (C=O) groups is 2. The molecular weight excluding hydrogens is 329 g/mol. The summed E-state index contributed by atoms with van der Waals surface area (Å²) in [4.78, 5) is 25.2. The van der Waals surface area contributed by atoms with Crippen molar-refractivity contribution in [2.75, 3.05) is 19.7 Å². The van der Waals surface area contributed by atoms with Crippen molar-refractivity contribution in [3.05, 3.63) is 28.2 Å². The van der Waals surface area contributed by atoms with Gasteiger partial charge in [-0.15, -0.1) is 0 Å². The molecule has 0 aromatic heterocycles. The molecule has 22 heavy (non-hydrogen) atoms. The van der Waals surface area contributed by atoms with E-state index in [2.05, 4.69) is 5.43 Å². The highest BCUT2D eigenvalue weighted by Gasteiger charge is 2.27. The van der Waals surface area contributed by atoms with E-state index in [1.807, 2.05) is 0 Å². The number of piperidine rings is 1. The molecule has 1 heterocycles. The molecule has 0 saturated carbocycles. The fourth-order valence-electron chi connectivity index (χ4n) is 2.33. The molecule has 0 aliphatic carbocycles. The fourth-order valence-corrected chi connectivity index (χ4v) is 2.80. The van der Waals surface area contributed by atoms with Crippen molar-refractivity contribution in [3.63, 3.8) is 0 Å². The normalized spacial score (nSPS) is 15.5. The second-order valence-corrected chi connectivity index (χ2v) is 5.87. The van der Waals surface area contributed by atoms with E-state index in [1.165, 1.54) is 0 Å². The predicted octanol–water partition coefficient (Wildman–Crippen LogP) is 1.60. The zero-order chi connectivity index (χ0) is 16.1. The Morgan fingerprint density at radius 3 is 2.59 bits per heavy atom. The summed E-state index contributed by atoms with van der Waals surface area (Å²) in [6.45, 7) is 0.915. The van der Waals surface area contributed by atoms with Crippen molar-refractivity contribution in [2.45, 2.75) is 12.8 Å². The molecule has 2 amide bonds. The van der Waals surface area contributed by atoms with Crippen LogP contribution >= 0.6 is 23.2 Å². The number of halogens is 2. The molecule has 6 nitrogen and oxygen atoms in total. The number of nitrogens with one attached hydrogen (secondary N) is 1. The van der Waals surface area contributed by atoms with E-state index in [9.17, 15) is 9.59 Å². The maximum Gasteiger partial charge on any atom is 0.260 e. The van der Waals surface area contributed by atoms with Crippen molar-refractivity contribution in [1.29, 1.82) is 0 Å². The second-order valence-electron chi connectivity index (χ2n) is 5.03. The number of carbonyl (C=O) groups excluding carboxylic acids is 2. The number of ether oxygens (including phenoxy) is 1. The van der Waals surface area contributed by atoms with E-state index >= 15 is 0 Å². The SMILES string of the molecule is NNC(=O)C1CCN(C(=O)COc2ccc(Cl)cc2Cl)CC1. The molecule has 1 fully saturated rings. The second kappa shape index (κ2) is 7.67. The lowest BCUT2D eigenvalue weighted by Crippen LogP contribution is -2.45. The number of nitrogens with two attached hydrogens (primary N) is 1. The highest BCUT2D eigenvalue weighted by molar-refractivity contribution is 6.35. The third-order valence-corrected chi connectivity index (χ3v) is 4.14. The van der Waals surface area contributed by atoms with Crippen LogP contribution in [0.4, 0.5) is 0 Å². The first-order valence-corrected chi connectivity index (χ1v) is 7.63. The molecule has 0 radical (unpaired) electrons. The minimum Gasteiger partial charge on any atom is -0.482 e. The van der Waals surface area contributed by atoms with Crippen molar-refractivity contribution in [2.24, 2.45) is 11.8 Å². The Balaban J connectivity index is 1.82. The molecule has 0 atom stereocenters. The molecule has 8 heteroatoms. The number of rotatable bonds is 4. The van der Waals surface area contributed by atoms with Crippen LogP contribution in [0.1, 0.15) is 12.8 Å². The molecular formula is C14H17Cl2N3O3. The number of hydrogen-bond donors (Lipinski definition) is 2. The first-order valence-electron chi connectivity index (χ1n) is 6.87. The summed E-state index contributed by atoms with van der Waals surface area (Å²) in [6, 6.07) is 4.82. The molecule has 1 saturated heterocycles. The lowest BCUT2D eigenvalue weighted by molar-refractivity contribution is -0.137. The van der Waals surface area contributed by atoms with Gasteiger partial charge in [0.15, 0.2) is 6.61 Å². The van der Waals surface area contributed by atoms with Gasteiger partial charge in [-0.2, -0.15) is 0 Å². The molecule has 2 rings (SSSR count). The molecule has 1 aromatic carbocycles. The topological polar surface area (TPSA) is 84.7 Å². The third kappa shape index (κ3) is 4.25. The molecule has 1 aliphatic heterocycles. The van der Waals surface area contributed by atoms with Crippen LogP contribution < -0.4 is 16.0 Å². The molecule has 0 unspecified atom stereocenters. The summed E-state index contributed by atoms with van der Waals surface area (Å²) in [5.74, 6) is 5.06. The first-order chi connectivity index (χ1) is 10.5. The van der Waals surface area contributed by atoms with Gasteiger partial charge in [0.25, 0.3) is 5.91 Å².